The van der Waals surface area contributed by atoms with E-state index in [0.717, 1.165) is 25.7 Å². The summed E-state index contributed by atoms with van der Waals surface area (Å²) in [5.41, 5.74) is 1.77. The fraction of sp³-hybridized carbons (Fsp3) is 0.385. The van der Waals surface area contributed by atoms with E-state index in [4.69, 9.17) is 16.3 Å². The van der Waals surface area contributed by atoms with Crippen LogP contribution >= 0.6 is 27.5 Å². The minimum Gasteiger partial charge on any atom is -0.462 e. The summed E-state index contributed by atoms with van der Waals surface area (Å²) in [4.78, 5) is 19.4. The maximum absolute atomic E-state index is 13.9. The number of ether oxygens (including phenoxy) is 1. The van der Waals surface area contributed by atoms with Gasteiger partial charge in [0.25, 0.3) is 0 Å². The minimum absolute atomic E-state index is 0.0370. The molecular formula is C26H27BrClFN2O4S. The second kappa shape index (κ2) is 11.9. The average molecular weight is 598 g/mol. The number of carbonyl (C=O) groups excluding carboxylic acids is 1. The van der Waals surface area contributed by atoms with E-state index in [1.54, 1.807) is 24.4 Å². The smallest absolute Gasteiger partial charge is 0.306 e. The molecule has 0 unspecified atom stereocenters. The minimum atomic E-state index is -3.64. The number of esters is 1. The highest BCUT2D eigenvalue weighted by atomic mass is 79.9. The zero-order valence-corrected chi connectivity index (χ0v) is 22.8. The summed E-state index contributed by atoms with van der Waals surface area (Å²) in [6.07, 6.45) is 7.60. The summed E-state index contributed by atoms with van der Waals surface area (Å²) in [7, 11) is -3.64. The predicted octanol–water partition coefficient (Wildman–Crippen LogP) is 7.12. The lowest BCUT2D eigenvalue weighted by Crippen LogP contribution is -2.14. The summed E-state index contributed by atoms with van der Waals surface area (Å²) in [6, 6.07) is 9.45. The standard InChI is InChI=1S/C26H27BrClFN2O4S/c27-20-11-9-17(14-22(20)29)23-16-30-26(31-23)18-10-12-21(28)24(15-18)36(33,34)13-5-1-2-8-25(32)35-19-6-3-4-7-19/h9-12,14-16,19H,1-8,13H2,(H,30,31). The van der Waals surface area contributed by atoms with Crippen molar-refractivity contribution in [2.24, 2.45) is 0 Å². The molecule has 0 saturated heterocycles. The number of unbranched alkanes of at least 4 members (excludes halogenated alkanes) is 2. The van der Waals surface area contributed by atoms with E-state index in [0.29, 0.717) is 52.8 Å². The van der Waals surface area contributed by atoms with E-state index < -0.39 is 15.7 Å². The van der Waals surface area contributed by atoms with Crippen molar-refractivity contribution in [1.82, 2.24) is 9.97 Å². The highest BCUT2D eigenvalue weighted by Gasteiger charge is 2.21. The molecule has 0 aliphatic heterocycles. The van der Waals surface area contributed by atoms with Crippen LogP contribution in [0.15, 0.2) is 52.0 Å². The van der Waals surface area contributed by atoms with Crippen LogP contribution in [0, 0.1) is 5.82 Å². The quantitative estimate of drug-likeness (QED) is 0.199. The van der Waals surface area contributed by atoms with Gasteiger partial charge in [0.2, 0.25) is 0 Å². The number of hydrogen-bond donors (Lipinski definition) is 1. The van der Waals surface area contributed by atoms with Crippen LogP contribution in [0.5, 0.6) is 0 Å². The van der Waals surface area contributed by atoms with Gasteiger partial charge in [-0.2, -0.15) is 0 Å². The van der Waals surface area contributed by atoms with Crippen LogP contribution in [-0.4, -0.2) is 36.2 Å². The highest BCUT2D eigenvalue weighted by Crippen LogP contribution is 2.30. The summed E-state index contributed by atoms with van der Waals surface area (Å²) in [6.45, 7) is 0. The Hall–Kier alpha value is -2.23. The monoisotopic (exact) mass is 596 g/mol. The molecule has 1 aromatic heterocycles. The SMILES string of the molecule is O=C(CCCCCS(=O)(=O)c1cc(-c2ncc(-c3ccc(Br)c(F)c3)[nH]2)ccc1Cl)OC1CCCC1. The Morgan fingerprint density at radius 3 is 2.61 bits per heavy atom. The highest BCUT2D eigenvalue weighted by molar-refractivity contribution is 9.10. The number of imidazole rings is 1. The van der Waals surface area contributed by atoms with Gasteiger partial charge in [0.15, 0.2) is 9.84 Å². The number of halogens is 3. The molecule has 10 heteroatoms. The fourth-order valence-electron chi connectivity index (χ4n) is 4.27. The van der Waals surface area contributed by atoms with E-state index in [1.165, 1.54) is 18.2 Å². The van der Waals surface area contributed by atoms with E-state index in [2.05, 4.69) is 25.9 Å². The Bertz CT molecular complexity index is 1340. The Labute approximate surface area is 223 Å². The lowest BCUT2D eigenvalue weighted by atomic mass is 10.2. The van der Waals surface area contributed by atoms with Gasteiger partial charge < -0.3 is 9.72 Å². The van der Waals surface area contributed by atoms with Crippen LogP contribution < -0.4 is 0 Å². The van der Waals surface area contributed by atoms with Crippen molar-refractivity contribution in [2.45, 2.75) is 62.4 Å². The molecule has 1 heterocycles. The third-order valence-electron chi connectivity index (χ3n) is 6.24. The van der Waals surface area contributed by atoms with E-state index in [9.17, 15) is 17.6 Å². The number of rotatable bonds is 10. The number of H-pyrrole nitrogens is 1. The Kier molecular flexibility index (Phi) is 8.85. The molecule has 0 atom stereocenters. The molecule has 2 aromatic carbocycles. The largest absolute Gasteiger partial charge is 0.462 e. The lowest BCUT2D eigenvalue weighted by molar-refractivity contribution is -0.148. The molecule has 3 aromatic rings. The van der Waals surface area contributed by atoms with Crippen LogP contribution in [0.2, 0.25) is 5.02 Å². The van der Waals surface area contributed by atoms with Crippen molar-refractivity contribution in [3.63, 3.8) is 0 Å². The third-order valence-corrected chi connectivity index (χ3v) is 9.16. The number of benzene rings is 2. The maximum Gasteiger partial charge on any atom is 0.306 e. The second-order valence-corrected chi connectivity index (χ2v) is 12.3. The zero-order chi connectivity index (χ0) is 25.7. The molecule has 4 rings (SSSR count). The summed E-state index contributed by atoms with van der Waals surface area (Å²) >= 11 is 9.38. The average Bonchev–Trinajstić information content (AvgIpc) is 3.53. The van der Waals surface area contributed by atoms with Crippen LogP contribution in [0.1, 0.15) is 51.4 Å². The molecule has 192 valence electrons. The van der Waals surface area contributed by atoms with Crippen molar-refractivity contribution < 1.29 is 22.3 Å². The second-order valence-electron chi connectivity index (χ2n) is 8.95. The van der Waals surface area contributed by atoms with Crippen molar-refractivity contribution in [2.75, 3.05) is 5.75 Å². The van der Waals surface area contributed by atoms with Crippen LogP contribution in [0.3, 0.4) is 0 Å². The van der Waals surface area contributed by atoms with Gasteiger partial charge in [-0.1, -0.05) is 24.1 Å². The van der Waals surface area contributed by atoms with Gasteiger partial charge >= 0.3 is 5.97 Å². The van der Waals surface area contributed by atoms with Gasteiger partial charge in [-0.05, 0) is 84.8 Å². The Balaban J connectivity index is 1.36. The first kappa shape index (κ1) is 26.8. The van der Waals surface area contributed by atoms with Crippen molar-refractivity contribution in [3.05, 3.63) is 57.9 Å². The van der Waals surface area contributed by atoms with Gasteiger partial charge in [-0.3, -0.25) is 4.79 Å². The first-order chi connectivity index (χ1) is 17.2. The van der Waals surface area contributed by atoms with Crippen molar-refractivity contribution >= 4 is 43.3 Å². The Morgan fingerprint density at radius 2 is 1.86 bits per heavy atom. The van der Waals surface area contributed by atoms with Gasteiger partial charge in [0.1, 0.15) is 17.7 Å². The molecule has 0 amide bonds. The summed E-state index contributed by atoms with van der Waals surface area (Å²) in [5.74, 6) is -0.226. The van der Waals surface area contributed by atoms with Gasteiger partial charge in [-0.25, -0.2) is 17.8 Å². The number of sulfone groups is 1. The molecule has 0 bridgehead atoms. The number of aromatic nitrogens is 2. The van der Waals surface area contributed by atoms with E-state index in [1.807, 2.05) is 0 Å². The predicted molar refractivity (Wildman–Crippen MR) is 141 cm³/mol. The fourth-order valence-corrected chi connectivity index (χ4v) is 6.46. The number of nitrogens with zero attached hydrogens (tertiary/aromatic N) is 1. The molecule has 0 spiro atoms. The van der Waals surface area contributed by atoms with Gasteiger partial charge in [0.05, 0.1) is 32.0 Å². The first-order valence-electron chi connectivity index (χ1n) is 12.0. The van der Waals surface area contributed by atoms with E-state index in [-0.39, 0.29) is 27.7 Å². The van der Waals surface area contributed by atoms with Crippen LogP contribution in [0.4, 0.5) is 4.39 Å². The molecule has 1 aliphatic rings. The van der Waals surface area contributed by atoms with Gasteiger partial charge in [-0.15, -0.1) is 0 Å². The molecule has 1 aliphatic carbocycles. The van der Waals surface area contributed by atoms with E-state index >= 15 is 0 Å². The Morgan fingerprint density at radius 1 is 1.11 bits per heavy atom. The van der Waals surface area contributed by atoms with Crippen molar-refractivity contribution in [3.8, 4) is 22.6 Å². The molecule has 0 radical (unpaired) electrons. The molecular weight excluding hydrogens is 571 g/mol. The number of carbonyl (C=O) groups is 1. The van der Waals surface area contributed by atoms with Gasteiger partial charge in [0, 0.05) is 17.5 Å². The maximum atomic E-state index is 13.9. The molecule has 1 fully saturated rings. The van der Waals surface area contributed by atoms with Crippen molar-refractivity contribution in [1.29, 1.82) is 0 Å². The zero-order valence-electron chi connectivity index (χ0n) is 19.6. The normalized spacial score (nSPS) is 14.3. The summed E-state index contributed by atoms with van der Waals surface area (Å²) < 4.78 is 45.7. The molecule has 1 saturated carbocycles. The molecule has 6 nitrogen and oxygen atoms in total. The first-order valence-corrected chi connectivity index (χ1v) is 14.8. The van der Waals surface area contributed by atoms with Crippen LogP contribution in [0.25, 0.3) is 22.6 Å². The number of aromatic amines is 1. The number of nitrogens with one attached hydrogen (secondary N) is 1. The molecule has 1 N–H and O–H groups in total. The lowest BCUT2D eigenvalue weighted by Gasteiger charge is -2.11. The van der Waals surface area contributed by atoms with Crippen LogP contribution in [-0.2, 0) is 19.4 Å². The number of hydrogen-bond acceptors (Lipinski definition) is 5. The molecule has 36 heavy (non-hydrogen) atoms. The third kappa shape index (κ3) is 6.75. The topological polar surface area (TPSA) is 89.1 Å². The summed E-state index contributed by atoms with van der Waals surface area (Å²) in [5, 5.41) is 0.139.